The normalized spacial score (nSPS) is 11.6. The zero-order valence-electron chi connectivity index (χ0n) is 22.4. The Morgan fingerprint density at radius 3 is 2.15 bits per heavy atom. The van der Waals surface area contributed by atoms with E-state index in [1.165, 1.54) is 18.2 Å². The number of hydrogen-bond donors (Lipinski definition) is 2. The molecule has 0 aliphatic rings. The molecule has 2 N–H and O–H groups in total. The van der Waals surface area contributed by atoms with Crippen LogP contribution in [0.4, 0.5) is 15.3 Å². The Kier molecular flexibility index (Phi) is 12.1. The van der Waals surface area contributed by atoms with Crippen LogP contribution in [0, 0.1) is 10.1 Å². The minimum Gasteiger partial charge on any atom is -0.445 e. The van der Waals surface area contributed by atoms with Crippen molar-refractivity contribution in [3.05, 3.63) is 70.3 Å². The number of nitrogens with zero attached hydrogens (tertiary/aromatic N) is 2. The van der Waals surface area contributed by atoms with Crippen molar-refractivity contribution in [2.75, 3.05) is 26.2 Å². The summed E-state index contributed by atoms with van der Waals surface area (Å²) in [6, 6.07) is 14.4. The maximum absolute atomic E-state index is 13.4. The molecular weight excluding hydrogens is 528 g/mol. The quantitative estimate of drug-likeness (QED) is 0.196. The molecule has 214 valence electrons. The molecule has 13 heteroatoms. The lowest BCUT2D eigenvalue weighted by Crippen LogP contribution is -2.37. The van der Waals surface area contributed by atoms with E-state index < -0.39 is 43.3 Å². The number of carbonyl (C=O) groups is 2. The van der Waals surface area contributed by atoms with Crippen molar-refractivity contribution in [3.63, 3.8) is 0 Å². The van der Waals surface area contributed by atoms with Gasteiger partial charge in [0.15, 0.2) is 4.90 Å². The molecule has 0 aromatic heterocycles. The van der Waals surface area contributed by atoms with Gasteiger partial charge in [-0.3, -0.25) is 10.1 Å². The first-order valence-electron chi connectivity index (χ1n) is 12.5. The molecule has 0 aliphatic carbocycles. The molecule has 39 heavy (non-hydrogen) atoms. The number of unbranched alkanes of at least 4 members (excludes halogenated alkanes) is 1. The van der Waals surface area contributed by atoms with Gasteiger partial charge in [-0.2, -0.15) is 4.31 Å². The second-order valence-corrected chi connectivity index (χ2v) is 11.5. The second kappa shape index (κ2) is 15.0. The molecule has 0 heterocycles. The average molecular weight is 565 g/mol. The van der Waals surface area contributed by atoms with Crippen molar-refractivity contribution in [2.45, 2.75) is 57.1 Å². The molecule has 0 saturated heterocycles. The Morgan fingerprint density at radius 1 is 0.897 bits per heavy atom. The van der Waals surface area contributed by atoms with Gasteiger partial charge in [-0.25, -0.2) is 18.0 Å². The van der Waals surface area contributed by atoms with E-state index in [0.29, 0.717) is 12.8 Å². The highest BCUT2D eigenvalue weighted by molar-refractivity contribution is 7.89. The summed E-state index contributed by atoms with van der Waals surface area (Å²) in [5, 5.41) is 16.7. The summed E-state index contributed by atoms with van der Waals surface area (Å²) in [6.45, 7) is 5.78. The molecular formula is C26H36N4O8S. The van der Waals surface area contributed by atoms with E-state index in [4.69, 9.17) is 9.47 Å². The average Bonchev–Trinajstić information content (AvgIpc) is 2.87. The number of nitrogens with one attached hydrogen (secondary N) is 2. The number of alkyl carbamates (subject to hydrolysis) is 2. The summed E-state index contributed by atoms with van der Waals surface area (Å²) < 4.78 is 38.3. The predicted molar refractivity (Wildman–Crippen MR) is 145 cm³/mol. The monoisotopic (exact) mass is 564 g/mol. The van der Waals surface area contributed by atoms with Crippen molar-refractivity contribution >= 4 is 27.9 Å². The number of amides is 2. The number of benzene rings is 2. The molecule has 2 aromatic rings. The standard InChI is InChI=1S/C26H36N4O8S/c1-26(2,3)38-25(32)28-17-11-19-29(39(35,36)23-15-8-7-14-22(23)30(33)34)18-10-9-16-27-24(31)37-20-21-12-5-4-6-13-21/h4-8,12-15H,9-11,16-20H2,1-3H3,(H,27,31)(H,28,32). The van der Waals surface area contributed by atoms with Crippen LogP contribution in [0.1, 0.15) is 45.6 Å². The third kappa shape index (κ3) is 11.3. The van der Waals surface area contributed by atoms with Gasteiger partial charge in [-0.1, -0.05) is 42.5 Å². The van der Waals surface area contributed by atoms with E-state index in [1.54, 1.807) is 20.8 Å². The van der Waals surface area contributed by atoms with Crippen LogP contribution in [0.5, 0.6) is 0 Å². The van der Waals surface area contributed by atoms with Crippen LogP contribution >= 0.6 is 0 Å². The summed E-state index contributed by atoms with van der Waals surface area (Å²) in [4.78, 5) is 34.1. The van der Waals surface area contributed by atoms with E-state index in [0.717, 1.165) is 15.9 Å². The Hall–Kier alpha value is -3.71. The number of ether oxygens (including phenoxy) is 2. The minimum atomic E-state index is -4.21. The number of nitro groups is 1. The van der Waals surface area contributed by atoms with Gasteiger partial charge in [-0.05, 0) is 51.7 Å². The van der Waals surface area contributed by atoms with Crippen LogP contribution in [-0.2, 0) is 26.1 Å². The molecule has 0 saturated carbocycles. The van der Waals surface area contributed by atoms with Crippen LogP contribution in [0.3, 0.4) is 0 Å². The maximum atomic E-state index is 13.4. The highest BCUT2D eigenvalue weighted by atomic mass is 32.2. The van der Waals surface area contributed by atoms with Crippen molar-refractivity contribution in [1.82, 2.24) is 14.9 Å². The Labute approximate surface area is 228 Å². The lowest BCUT2D eigenvalue weighted by Gasteiger charge is -2.23. The Bertz CT molecular complexity index is 1200. The van der Waals surface area contributed by atoms with E-state index in [9.17, 15) is 28.1 Å². The van der Waals surface area contributed by atoms with Gasteiger partial charge in [-0.15, -0.1) is 0 Å². The SMILES string of the molecule is CC(C)(C)OC(=O)NCCCN(CCCCNC(=O)OCc1ccccc1)S(=O)(=O)c1ccccc1[N+](=O)[O-]. The second-order valence-electron chi connectivity index (χ2n) is 9.61. The largest absolute Gasteiger partial charge is 0.445 e. The van der Waals surface area contributed by atoms with Crippen LogP contribution in [0.15, 0.2) is 59.5 Å². The first kappa shape index (κ1) is 31.5. The van der Waals surface area contributed by atoms with E-state index in [2.05, 4.69) is 10.6 Å². The van der Waals surface area contributed by atoms with Gasteiger partial charge in [0.1, 0.15) is 12.2 Å². The fraction of sp³-hybridized carbons (Fsp3) is 0.462. The number of hydrogen-bond acceptors (Lipinski definition) is 8. The number of para-hydroxylation sites is 1. The van der Waals surface area contributed by atoms with Gasteiger partial charge in [0, 0.05) is 32.2 Å². The van der Waals surface area contributed by atoms with E-state index in [1.807, 2.05) is 30.3 Å². The highest BCUT2D eigenvalue weighted by Gasteiger charge is 2.31. The first-order valence-corrected chi connectivity index (χ1v) is 14.0. The first-order chi connectivity index (χ1) is 18.4. The summed E-state index contributed by atoms with van der Waals surface area (Å²) in [5.74, 6) is 0. The molecule has 12 nitrogen and oxygen atoms in total. The van der Waals surface area contributed by atoms with Gasteiger partial charge in [0.05, 0.1) is 4.92 Å². The van der Waals surface area contributed by atoms with Gasteiger partial charge < -0.3 is 20.1 Å². The van der Waals surface area contributed by atoms with Crippen LogP contribution in [0.25, 0.3) is 0 Å². The fourth-order valence-corrected chi connectivity index (χ4v) is 5.13. The topological polar surface area (TPSA) is 157 Å². The Balaban J connectivity index is 1.94. The predicted octanol–water partition coefficient (Wildman–Crippen LogP) is 4.21. The number of sulfonamides is 1. The lowest BCUT2D eigenvalue weighted by molar-refractivity contribution is -0.387. The third-order valence-corrected chi connectivity index (χ3v) is 7.19. The number of rotatable bonds is 14. The summed E-state index contributed by atoms with van der Waals surface area (Å²) in [6.07, 6.45) is -0.140. The number of carbonyl (C=O) groups excluding carboxylic acids is 2. The van der Waals surface area contributed by atoms with Crippen molar-refractivity contribution in [2.24, 2.45) is 0 Å². The molecule has 2 amide bonds. The van der Waals surface area contributed by atoms with Crippen molar-refractivity contribution in [3.8, 4) is 0 Å². The Morgan fingerprint density at radius 2 is 1.49 bits per heavy atom. The molecule has 2 rings (SSSR count). The molecule has 2 aromatic carbocycles. The van der Waals surface area contributed by atoms with Gasteiger partial charge >= 0.3 is 12.2 Å². The van der Waals surface area contributed by atoms with E-state index >= 15 is 0 Å². The number of nitro benzene ring substituents is 1. The van der Waals surface area contributed by atoms with E-state index in [-0.39, 0.29) is 39.2 Å². The zero-order valence-corrected chi connectivity index (χ0v) is 23.2. The van der Waals surface area contributed by atoms with Crippen molar-refractivity contribution in [1.29, 1.82) is 0 Å². The molecule has 0 radical (unpaired) electrons. The fourth-order valence-electron chi connectivity index (χ4n) is 3.46. The lowest BCUT2D eigenvalue weighted by atomic mass is 10.2. The summed E-state index contributed by atoms with van der Waals surface area (Å²) >= 11 is 0. The smallest absolute Gasteiger partial charge is 0.407 e. The molecule has 0 fully saturated rings. The molecule has 0 spiro atoms. The minimum absolute atomic E-state index is 0.0106. The van der Waals surface area contributed by atoms with Gasteiger partial charge in [0.2, 0.25) is 10.0 Å². The maximum Gasteiger partial charge on any atom is 0.407 e. The van der Waals surface area contributed by atoms with Crippen LogP contribution in [0.2, 0.25) is 0 Å². The zero-order chi connectivity index (χ0) is 28.9. The molecule has 0 aliphatic heterocycles. The van der Waals surface area contributed by atoms with Crippen LogP contribution in [-0.4, -0.2) is 61.6 Å². The molecule has 0 atom stereocenters. The molecule has 0 unspecified atom stereocenters. The summed E-state index contributed by atoms with van der Waals surface area (Å²) in [7, 11) is -4.21. The van der Waals surface area contributed by atoms with Crippen LogP contribution < -0.4 is 10.6 Å². The molecule has 0 bridgehead atoms. The summed E-state index contributed by atoms with van der Waals surface area (Å²) in [5.41, 5.74) is -0.338. The third-order valence-electron chi connectivity index (χ3n) is 5.25. The van der Waals surface area contributed by atoms with Crippen molar-refractivity contribution < 1.29 is 32.4 Å². The highest BCUT2D eigenvalue weighted by Crippen LogP contribution is 2.26. The van der Waals surface area contributed by atoms with Gasteiger partial charge in [0.25, 0.3) is 5.69 Å².